The van der Waals surface area contributed by atoms with Gasteiger partial charge in [0.05, 0.1) is 17.8 Å². The first-order valence-corrected chi connectivity index (χ1v) is 11.4. The Labute approximate surface area is 197 Å². The molecule has 0 atom stereocenters. The number of unbranched alkanes of at least 4 members (excludes halogenated alkanes) is 1. The highest BCUT2D eigenvalue weighted by atomic mass is 16.5. The Morgan fingerprint density at radius 3 is 1.88 bits per heavy atom. The molecule has 0 N–H and O–H groups in total. The summed E-state index contributed by atoms with van der Waals surface area (Å²) in [6.07, 6.45) is 2.14. The minimum atomic E-state index is -0.441. The summed E-state index contributed by atoms with van der Waals surface area (Å²) in [7, 11) is 0. The Balaban J connectivity index is 1.43. The molecule has 0 unspecified atom stereocenters. The van der Waals surface area contributed by atoms with Gasteiger partial charge in [-0.3, -0.25) is 0 Å². The van der Waals surface area contributed by atoms with E-state index < -0.39 is 11.9 Å². The van der Waals surface area contributed by atoms with E-state index in [0.717, 1.165) is 25.0 Å². The van der Waals surface area contributed by atoms with Gasteiger partial charge in [0.25, 0.3) is 0 Å². The summed E-state index contributed by atoms with van der Waals surface area (Å²) in [6.45, 7) is 3.85. The molecule has 0 fully saturated rings. The van der Waals surface area contributed by atoms with E-state index in [-0.39, 0.29) is 0 Å². The van der Waals surface area contributed by atoms with Crippen molar-refractivity contribution < 1.29 is 28.5 Å². The maximum atomic E-state index is 12.7. The van der Waals surface area contributed by atoms with Crippen molar-refractivity contribution in [3.8, 4) is 17.2 Å². The van der Waals surface area contributed by atoms with Crippen molar-refractivity contribution in [2.24, 2.45) is 0 Å². The van der Waals surface area contributed by atoms with Gasteiger partial charge < -0.3 is 18.9 Å². The van der Waals surface area contributed by atoms with Crippen LogP contribution in [-0.2, 0) is 14.3 Å². The summed E-state index contributed by atoms with van der Waals surface area (Å²) in [4.78, 5) is 25.3. The van der Waals surface area contributed by atoms with E-state index in [4.69, 9.17) is 18.9 Å². The quantitative estimate of drug-likeness (QED) is 0.280. The third kappa shape index (κ3) is 4.20. The number of carbonyl (C=O) groups is 2. The minimum absolute atomic E-state index is 0.412. The van der Waals surface area contributed by atoms with Gasteiger partial charge in [0.2, 0.25) is 0 Å². The Bertz CT molecular complexity index is 1360. The second kappa shape index (κ2) is 9.53. The summed E-state index contributed by atoms with van der Waals surface area (Å²) in [5, 5.41) is 1.22. The van der Waals surface area contributed by atoms with Gasteiger partial charge in [-0.2, -0.15) is 0 Å². The molecule has 2 aliphatic heterocycles. The topological polar surface area (TPSA) is 71.1 Å². The van der Waals surface area contributed by atoms with Crippen LogP contribution < -0.4 is 24.6 Å². The number of ether oxygens (including phenoxy) is 4. The van der Waals surface area contributed by atoms with Crippen LogP contribution in [0.2, 0.25) is 0 Å². The first kappa shape index (κ1) is 21.9. The summed E-state index contributed by atoms with van der Waals surface area (Å²) in [5.41, 5.74) is 2.34. The molecule has 0 radical (unpaired) electrons. The summed E-state index contributed by atoms with van der Waals surface area (Å²) in [6, 6.07) is 20.0. The average molecular weight is 456 g/mol. The van der Waals surface area contributed by atoms with Crippen molar-refractivity contribution in [2.45, 2.75) is 19.8 Å². The molecule has 0 bridgehead atoms. The van der Waals surface area contributed by atoms with Crippen LogP contribution in [0.1, 0.15) is 30.9 Å². The standard InChI is InChI=1S/C28H24O6/c1-2-3-13-31-14-15-32-20-11-9-19(10-12-20)26-22-17-23-21(16-24(22)34-28(26)30)25(27(29)33-23)18-7-5-4-6-8-18/h4-12,16-17H,2-3,13-15H2,1H3. The zero-order valence-electron chi connectivity index (χ0n) is 18.8. The SMILES string of the molecule is CCCCOCCOc1ccc(C2=c3cc4c(cc3OC2=O)=C(c2ccccc2)C(=O)O4)cc1. The summed E-state index contributed by atoms with van der Waals surface area (Å²) >= 11 is 0. The number of benzene rings is 3. The van der Waals surface area contributed by atoms with Gasteiger partial charge in [0.15, 0.2) is 0 Å². The lowest BCUT2D eigenvalue weighted by molar-refractivity contribution is -0.128. The fraction of sp³-hybridized carbons (Fsp3) is 0.214. The number of carbonyl (C=O) groups excluding carboxylic acids is 2. The Kier molecular flexibility index (Phi) is 6.14. The normalized spacial score (nSPS) is 14.0. The zero-order valence-corrected chi connectivity index (χ0v) is 18.8. The lowest BCUT2D eigenvalue weighted by atomic mass is 10.0. The van der Waals surface area contributed by atoms with E-state index in [1.807, 2.05) is 54.6 Å². The van der Waals surface area contributed by atoms with Gasteiger partial charge in [0, 0.05) is 17.0 Å². The van der Waals surface area contributed by atoms with E-state index >= 15 is 0 Å². The van der Waals surface area contributed by atoms with Gasteiger partial charge in [-0.05, 0) is 41.8 Å². The molecule has 34 heavy (non-hydrogen) atoms. The fourth-order valence-electron chi connectivity index (χ4n) is 4.08. The highest BCUT2D eigenvalue weighted by Crippen LogP contribution is 2.27. The van der Waals surface area contributed by atoms with Crippen molar-refractivity contribution in [3.63, 3.8) is 0 Å². The van der Waals surface area contributed by atoms with E-state index in [1.54, 1.807) is 12.1 Å². The number of fused-ring (bicyclic) bond motifs is 2. The zero-order chi connectivity index (χ0) is 23.5. The van der Waals surface area contributed by atoms with Crippen LogP contribution in [0.5, 0.6) is 17.2 Å². The molecule has 5 rings (SSSR count). The largest absolute Gasteiger partial charge is 0.491 e. The van der Waals surface area contributed by atoms with Crippen LogP contribution in [0.4, 0.5) is 0 Å². The maximum Gasteiger partial charge on any atom is 0.344 e. The van der Waals surface area contributed by atoms with E-state index in [1.165, 1.54) is 0 Å². The van der Waals surface area contributed by atoms with Gasteiger partial charge in [0.1, 0.15) is 23.9 Å². The summed E-state index contributed by atoms with van der Waals surface area (Å²) in [5.74, 6) is 0.665. The van der Waals surface area contributed by atoms with Gasteiger partial charge in [-0.15, -0.1) is 0 Å². The number of rotatable bonds is 9. The van der Waals surface area contributed by atoms with Crippen LogP contribution >= 0.6 is 0 Å². The number of hydrogen-bond donors (Lipinski definition) is 0. The van der Waals surface area contributed by atoms with E-state index in [0.29, 0.717) is 57.6 Å². The average Bonchev–Trinajstić information content (AvgIpc) is 3.34. The van der Waals surface area contributed by atoms with Gasteiger partial charge in [-0.25, -0.2) is 9.59 Å². The number of esters is 2. The molecular weight excluding hydrogens is 432 g/mol. The maximum absolute atomic E-state index is 12.7. The Morgan fingerprint density at radius 2 is 1.29 bits per heavy atom. The molecule has 0 aliphatic carbocycles. The molecule has 6 heteroatoms. The third-order valence-electron chi connectivity index (χ3n) is 5.78. The Morgan fingerprint density at radius 1 is 0.706 bits per heavy atom. The predicted molar refractivity (Wildman–Crippen MR) is 126 cm³/mol. The molecule has 3 aromatic rings. The van der Waals surface area contributed by atoms with Crippen LogP contribution in [0.25, 0.3) is 11.1 Å². The molecule has 6 nitrogen and oxygen atoms in total. The van der Waals surface area contributed by atoms with E-state index in [2.05, 4.69) is 6.92 Å². The lowest BCUT2D eigenvalue weighted by Gasteiger charge is -2.08. The monoisotopic (exact) mass is 456 g/mol. The first-order chi connectivity index (χ1) is 16.7. The van der Waals surface area contributed by atoms with Crippen LogP contribution in [0.3, 0.4) is 0 Å². The molecular formula is C28H24O6. The molecule has 0 spiro atoms. The van der Waals surface area contributed by atoms with Crippen molar-refractivity contribution in [3.05, 3.63) is 88.3 Å². The second-order valence-electron chi connectivity index (χ2n) is 8.08. The Hall–Kier alpha value is -3.90. The number of hydrogen-bond acceptors (Lipinski definition) is 6. The van der Waals surface area contributed by atoms with Crippen molar-refractivity contribution in [1.82, 2.24) is 0 Å². The van der Waals surface area contributed by atoms with Crippen LogP contribution in [0, 0.1) is 0 Å². The summed E-state index contributed by atoms with van der Waals surface area (Å²) < 4.78 is 22.3. The molecule has 2 heterocycles. The van der Waals surface area contributed by atoms with Crippen LogP contribution in [-0.4, -0.2) is 31.8 Å². The van der Waals surface area contributed by atoms with Crippen molar-refractivity contribution in [1.29, 1.82) is 0 Å². The lowest BCUT2D eigenvalue weighted by Crippen LogP contribution is -2.11. The second-order valence-corrected chi connectivity index (χ2v) is 8.08. The predicted octanol–water partition coefficient (Wildman–Crippen LogP) is 3.12. The van der Waals surface area contributed by atoms with Gasteiger partial charge >= 0.3 is 11.9 Å². The highest BCUT2D eigenvalue weighted by molar-refractivity contribution is 6.21. The molecule has 172 valence electrons. The molecule has 0 saturated carbocycles. The molecule has 0 saturated heterocycles. The van der Waals surface area contributed by atoms with Crippen molar-refractivity contribution in [2.75, 3.05) is 19.8 Å². The van der Waals surface area contributed by atoms with Crippen LogP contribution in [0.15, 0.2) is 66.7 Å². The van der Waals surface area contributed by atoms with Gasteiger partial charge in [-0.1, -0.05) is 55.8 Å². The fourth-order valence-corrected chi connectivity index (χ4v) is 4.08. The smallest absolute Gasteiger partial charge is 0.344 e. The minimum Gasteiger partial charge on any atom is -0.491 e. The molecule has 3 aromatic carbocycles. The molecule has 2 aliphatic rings. The van der Waals surface area contributed by atoms with E-state index in [9.17, 15) is 9.59 Å². The third-order valence-corrected chi connectivity index (χ3v) is 5.78. The van der Waals surface area contributed by atoms with Crippen molar-refractivity contribution >= 4 is 23.1 Å². The molecule has 0 aromatic heterocycles. The first-order valence-electron chi connectivity index (χ1n) is 11.4. The molecule has 0 amide bonds. The highest BCUT2D eigenvalue weighted by Gasteiger charge is 2.30.